The van der Waals surface area contributed by atoms with Gasteiger partial charge in [-0.2, -0.15) is 0 Å². The van der Waals surface area contributed by atoms with Crippen LogP contribution in [0, 0.1) is 35.5 Å². The molecule has 2 amide bonds. The summed E-state index contributed by atoms with van der Waals surface area (Å²) in [7, 11) is 0. The number of esters is 1. The van der Waals surface area contributed by atoms with Crippen LogP contribution in [0.25, 0.3) is 10.8 Å². The first-order valence-corrected chi connectivity index (χ1v) is 12.3. The third kappa shape index (κ3) is 2.90. The van der Waals surface area contributed by atoms with Gasteiger partial charge in [-0.15, -0.1) is 0 Å². The Morgan fingerprint density at radius 1 is 0.833 bits per heavy atom. The normalized spacial score (nSPS) is 29.3. The molecule has 0 radical (unpaired) electrons. The molecule has 0 aromatic heterocycles. The van der Waals surface area contributed by atoms with Crippen molar-refractivity contribution >= 4 is 40.0 Å². The van der Waals surface area contributed by atoms with Crippen LogP contribution in [0.1, 0.15) is 34.1 Å². The molecule has 36 heavy (non-hydrogen) atoms. The van der Waals surface area contributed by atoms with Crippen molar-refractivity contribution in [3.63, 3.8) is 0 Å². The number of Topliss-reactive ketones (excluding diaryl/α,β-unsaturated/α-hetero) is 1. The van der Waals surface area contributed by atoms with E-state index < -0.39 is 5.97 Å². The van der Waals surface area contributed by atoms with E-state index >= 15 is 0 Å². The molecule has 6 atom stereocenters. The highest BCUT2D eigenvalue weighted by molar-refractivity contribution is 6.22. The van der Waals surface area contributed by atoms with Gasteiger partial charge < -0.3 is 4.74 Å². The first-order chi connectivity index (χ1) is 17.4. The lowest BCUT2D eigenvalue weighted by molar-refractivity contribution is -0.124. The lowest BCUT2D eigenvalue weighted by atomic mass is 9.63. The van der Waals surface area contributed by atoms with Crippen molar-refractivity contribution in [2.45, 2.75) is 13.3 Å². The molecule has 0 unspecified atom stereocenters. The van der Waals surface area contributed by atoms with Crippen LogP contribution < -0.4 is 9.64 Å². The second kappa shape index (κ2) is 7.47. The maximum absolute atomic E-state index is 13.3. The van der Waals surface area contributed by atoms with E-state index in [4.69, 9.17) is 4.74 Å². The standard InChI is InChI=1S/C30H23NO5/c1-15(32)19-11-8-16-4-2-3-5-20(16)27(19)36-30(35)17-6-9-18(10-7-17)31-28(33)25-21-12-13-22(24-14-23(21)24)26(25)29(31)34/h2-13,21-26H,14H2,1H3/t21-,22-,23-,24-,25+,26+/m0/s1. The fraction of sp³-hybridized carbons (Fsp3) is 0.267. The van der Waals surface area contributed by atoms with E-state index in [1.165, 1.54) is 11.8 Å². The van der Waals surface area contributed by atoms with E-state index in [1.807, 2.05) is 30.3 Å². The SMILES string of the molecule is CC(=O)c1ccc2ccccc2c1OC(=O)c1ccc(N2C(=O)[C@@H]3[C@H]4C=C[C@@H]([C@@H]5C[C@@H]45)[C@H]3C2=O)cc1. The fourth-order valence-electron chi connectivity index (χ4n) is 6.74. The molecule has 2 saturated carbocycles. The van der Waals surface area contributed by atoms with Gasteiger partial charge in [0.15, 0.2) is 5.78 Å². The molecule has 6 nitrogen and oxygen atoms in total. The Morgan fingerprint density at radius 3 is 2.11 bits per heavy atom. The van der Waals surface area contributed by atoms with Gasteiger partial charge in [0.05, 0.1) is 28.7 Å². The van der Waals surface area contributed by atoms with Crippen LogP contribution in [0.5, 0.6) is 5.75 Å². The zero-order chi connectivity index (χ0) is 24.7. The number of allylic oxidation sites excluding steroid dienone is 2. The Bertz CT molecular complexity index is 1480. The highest BCUT2D eigenvalue weighted by Crippen LogP contribution is 2.65. The first kappa shape index (κ1) is 21.2. The van der Waals surface area contributed by atoms with Crippen molar-refractivity contribution < 1.29 is 23.9 Å². The third-order valence-corrected chi connectivity index (χ3v) is 8.48. The van der Waals surface area contributed by atoms with Gasteiger partial charge in [0, 0.05) is 5.39 Å². The lowest BCUT2D eigenvalue weighted by Crippen LogP contribution is -2.40. The predicted molar refractivity (Wildman–Crippen MR) is 133 cm³/mol. The molecular weight excluding hydrogens is 454 g/mol. The summed E-state index contributed by atoms with van der Waals surface area (Å²) in [5.74, 6) is 0.0308. The van der Waals surface area contributed by atoms with Crippen molar-refractivity contribution in [2.24, 2.45) is 35.5 Å². The number of fused-ring (bicyclic) bond motifs is 1. The van der Waals surface area contributed by atoms with Crippen LogP contribution in [-0.4, -0.2) is 23.6 Å². The topological polar surface area (TPSA) is 80.8 Å². The summed E-state index contributed by atoms with van der Waals surface area (Å²) in [6, 6.07) is 17.2. The number of hydrogen-bond acceptors (Lipinski definition) is 5. The predicted octanol–water partition coefficient (Wildman–Crippen LogP) is 4.82. The summed E-state index contributed by atoms with van der Waals surface area (Å²) in [5, 5.41) is 1.53. The Labute approximate surface area is 207 Å². The zero-order valence-electron chi connectivity index (χ0n) is 19.6. The molecule has 4 aliphatic carbocycles. The summed E-state index contributed by atoms with van der Waals surface area (Å²) in [6.07, 6.45) is 5.42. The number of carbonyl (C=O) groups excluding carboxylic acids is 4. The molecule has 3 aromatic carbocycles. The number of hydrogen-bond donors (Lipinski definition) is 0. The minimum Gasteiger partial charge on any atom is -0.421 e. The molecule has 1 saturated heterocycles. The summed E-state index contributed by atoms with van der Waals surface area (Å²) in [6.45, 7) is 1.43. The van der Waals surface area contributed by atoms with Crippen LogP contribution in [0.4, 0.5) is 5.69 Å². The number of amides is 2. The molecular formula is C30H23NO5. The Hall–Kier alpha value is -4.06. The molecule has 178 valence electrons. The summed E-state index contributed by atoms with van der Waals surface area (Å²) in [5.41, 5.74) is 1.06. The largest absolute Gasteiger partial charge is 0.421 e. The quantitative estimate of drug-likeness (QED) is 0.177. The van der Waals surface area contributed by atoms with Crippen LogP contribution in [-0.2, 0) is 9.59 Å². The van der Waals surface area contributed by atoms with Gasteiger partial charge >= 0.3 is 5.97 Å². The number of ketones is 1. The minimum atomic E-state index is -0.615. The first-order valence-electron chi connectivity index (χ1n) is 12.3. The van der Waals surface area contributed by atoms with Crippen molar-refractivity contribution in [3.05, 3.63) is 83.9 Å². The second-order valence-corrected chi connectivity index (χ2v) is 10.3. The summed E-state index contributed by atoms with van der Waals surface area (Å²) in [4.78, 5) is 53.2. The van der Waals surface area contributed by atoms with Crippen molar-refractivity contribution in [2.75, 3.05) is 4.90 Å². The number of carbonyl (C=O) groups is 4. The van der Waals surface area contributed by atoms with Crippen molar-refractivity contribution in [1.82, 2.24) is 0 Å². The molecule has 1 aliphatic heterocycles. The van der Waals surface area contributed by atoms with E-state index in [-0.39, 0.29) is 52.6 Å². The molecule has 2 bridgehead atoms. The van der Waals surface area contributed by atoms with Gasteiger partial charge in [-0.1, -0.05) is 42.5 Å². The third-order valence-electron chi connectivity index (χ3n) is 8.48. The molecule has 8 rings (SSSR count). The highest BCUT2D eigenvalue weighted by atomic mass is 16.5. The summed E-state index contributed by atoms with van der Waals surface area (Å²) >= 11 is 0. The van der Waals surface area contributed by atoms with Gasteiger partial charge in [-0.3, -0.25) is 19.3 Å². The number of benzene rings is 3. The Kier molecular flexibility index (Phi) is 4.41. The van der Waals surface area contributed by atoms with Crippen molar-refractivity contribution in [3.8, 4) is 5.75 Å². The second-order valence-electron chi connectivity index (χ2n) is 10.3. The van der Waals surface area contributed by atoms with E-state index in [1.54, 1.807) is 30.3 Å². The van der Waals surface area contributed by atoms with Crippen LogP contribution in [0.3, 0.4) is 0 Å². The maximum atomic E-state index is 13.3. The van der Waals surface area contributed by atoms with Gasteiger partial charge in [-0.25, -0.2) is 4.79 Å². The number of rotatable bonds is 4. The number of nitrogens with zero attached hydrogens (tertiary/aromatic N) is 1. The van der Waals surface area contributed by atoms with Gasteiger partial charge in [-0.05, 0) is 72.7 Å². The number of ether oxygens (including phenoxy) is 1. The molecule has 0 N–H and O–H groups in total. The smallest absolute Gasteiger partial charge is 0.343 e. The van der Waals surface area contributed by atoms with Crippen LogP contribution in [0.15, 0.2) is 72.8 Å². The monoisotopic (exact) mass is 477 g/mol. The van der Waals surface area contributed by atoms with E-state index in [9.17, 15) is 19.2 Å². The van der Waals surface area contributed by atoms with Crippen LogP contribution >= 0.6 is 0 Å². The van der Waals surface area contributed by atoms with E-state index in [2.05, 4.69) is 12.2 Å². The average Bonchev–Trinajstić information content (AvgIpc) is 3.67. The fourth-order valence-corrected chi connectivity index (χ4v) is 6.74. The van der Waals surface area contributed by atoms with Crippen molar-refractivity contribution in [1.29, 1.82) is 0 Å². The molecule has 1 heterocycles. The molecule has 3 aromatic rings. The Morgan fingerprint density at radius 2 is 1.47 bits per heavy atom. The molecule has 0 spiro atoms. The molecule has 6 heteroatoms. The zero-order valence-corrected chi connectivity index (χ0v) is 19.6. The van der Waals surface area contributed by atoms with Gasteiger partial charge in [0.2, 0.25) is 11.8 Å². The number of anilines is 1. The van der Waals surface area contributed by atoms with Gasteiger partial charge in [0.25, 0.3) is 0 Å². The lowest BCUT2D eigenvalue weighted by Gasteiger charge is -2.37. The van der Waals surface area contributed by atoms with Gasteiger partial charge in [0.1, 0.15) is 5.75 Å². The van der Waals surface area contributed by atoms with E-state index in [0.717, 1.165) is 11.8 Å². The molecule has 3 fully saturated rings. The highest BCUT2D eigenvalue weighted by Gasteiger charge is 2.67. The van der Waals surface area contributed by atoms with Crippen LogP contribution in [0.2, 0.25) is 0 Å². The minimum absolute atomic E-state index is 0.133. The average molecular weight is 478 g/mol. The number of imide groups is 1. The maximum Gasteiger partial charge on any atom is 0.343 e. The summed E-state index contributed by atoms with van der Waals surface area (Å²) < 4.78 is 5.73. The Balaban J connectivity index is 1.16. The molecule has 5 aliphatic rings. The van der Waals surface area contributed by atoms with E-state index in [0.29, 0.717) is 28.5 Å².